The van der Waals surface area contributed by atoms with Crippen molar-refractivity contribution < 1.29 is 78.4 Å². The van der Waals surface area contributed by atoms with Crippen molar-refractivity contribution in [3.63, 3.8) is 0 Å². The molecule has 1 aliphatic heterocycles. The predicted octanol–water partition coefficient (Wildman–Crippen LogP) is 24.6. The third-order valence-corrected chi connectivity index (χ3v) is 30.4. The molecule has 1 aliphatic rings. The van der Waals surface area contributed by atoms with Crippen LogP contribution in [0.15, 0.2) is 481 Å². The Morgan fingerprint density at radius 3 is 0.619 bits per heavy atom. The summed E-state index contributed by atoms with van der Waals surface area (Å²) >= 11 is 11.8. The van der Waals surface area contributed by atoms with Gasteiger partial charge < -0.3 is 31.6 Å². The van der Waals surface area contributed by atoms with Crippen LogP contribution in [0.5, 0.6) is 0 Å². The first-order valence-electron chi connectivity index (χ1n) is 41.4. The fourth-order valence-electron chi connectivity index (χ4n) is 12.5. The normalized spacial score (nSPS) is 10.5. The summed E-state index contributed by atoms with van der Waals surface area (Å²) in [7, 11) is 0.404. The number of hydrogen-bond acceptors (Lipinski definition) is 6. The van der Waals surface area contributed by atoms with Crippen molar-refractivity contribution in [3.05, 3.63) is 519 Å². The molecule has 134 heavy (non-hydrogen) atoms. The van der Waals surface area contributed by atoms with E-state index in [1.54, 1.807) is 12.1 Å². The van der Waals surface area contributed by atoms with E-state index in [0.717, 1.165) is 52.0 Å². The maximum absolute atomic E-state index is 12.9. The quantitative estimate of drug-likeness (QED) is 0.0409. The van der Waals surface area contributed by atoms with Gasteiger partial charge in [0, 0.05) is 90.2 Å². The molecule has 0 amide bonds. The van der Waals surface area contributed by atoms with E-state index in [9.17, 15) is 26.3 Å². The molecule has 0 atom stereocenters. The van der Waals surface area contributed by atoms with Gasteiger partial charge in [-0.05, 0) is 220 Å². The molecule has 2 N–H and O–H groups in total. The van der Waals surface area contributed by atoms with Crippen LogP contribution in [-0.2, 0) is 39.1 Å². The summed E-state index contributed by atoms with van der Waals surface area (Å²) < 4.78 is 97.4. The molecule has 18 rings (SSSR count). The Morgan fingerprint density at radius 2 is 0.463 bits per heavy atom. The van der Waals surface area contributed by atoms with Crippen LogP contribution in [-0.4, -0.2) is 82.1 Å². The summed E-state index contributed by atoms with van der Waals surface area (Å²) in [6, 6.07) is 154. The Hall–Kier alpha value is -8.18. The topological polar surface area (TPSA) is 77.4 Å². The molecular weight excluding hydrogens is 2200 g/mol. The van der Waals surface area contributed by atoms with Crippen molar-refractivity contribution in [2.45, 2.75) is 12.8 Å². The number of hydrogen-bond donors (Lipinski definition) is 2. The van der Waals surface area contributed by atoms with E-state index in [-0.39, 0.29) is 64.2 Å². The van der Waals surface area contributed by atoms with Crippen molar-refractivity contribution in [3.8, 4) is 11.1 Å². The Labute approximate surface area is 868 Å². The zero-order chi connectivity index (χ0) is 93.0. The molecule has 0 saturated carbocycles. The largest absolute Gasteiger partial charge is 2.00 e. The molecule has 1 saturated heterocycles. The van der Waals surface area contributed by atoms with E-state index in [2.05, 4.69) is 460 Å². The SMILES string of the molecule is Brc1ccc(I)cc1.C1CCOC1.COB(OC)OC.Cl.Fc1cc(F)cc(-c2ccc(Br)cc2)c1.Fc1cc(F)cc(Br)c1.OB(O)c1cc(F)cc(F)c1.[H-].[H-].[Mg+2].[Pd].c1ccc(P(c2ccccc2)c2ccccc2)cc1.c1ccc(P(c2ccccc2)c2ccccc2)cc1.c1ccc(P(c2ccccc2)c2ccccc2)cc1.c1ccc(P(c2ccccc2)c2ccccc2)cc1. The first kappa shape index (κ1) is 115. The molecule has 0 spiro atoms. The van der Waals surface area contributed by atoms with Crippen molar-refractivity contribution in [1.29, 1.82) is 0 Å². The van der Waals surface area contributed by atoms with Gasteiger partial charge in [0.15, 0.2) is 0 Å². The third kappa shape index (κ3) is 42.0. The van der Waals surface area contributed by atoms with Crippen LogP contribution in [0, 0.1) is 38.5 Å². The molecule has 0 aliphatic carbocycles. The summed E-state index contributed by atoms with van der Waals surface area (Å²) in [4.78, 5) is 0. The van der Waals surface area contributed by atoms with Gasteiger partial charge in [-0.1, -0.05) is 424 Å². The van der Waals surface area contributed by atoms with Crippen LogP contribution in [0.25, 0.3) is 11.1 Å². The van der Waals surface area contributed by atoms with E-state index >= 15 is 0 Å². The standard InChI is InChI=1S/4C18H15P.C12H7BrF2.C6H5BF2O2.C6H3BrF2.C6H4BrI.C4H8O.C3H9BO3.ClH.Mg.Pd.2H/c4*1-4-10-16(11-5-1)19(17-12-6-2-7-13-17)18-14-8-3-9-15-18;13-10-3-1-8(2-4-10)9-5-11(14)7-12(15)6-9;8-5-1-4(7(10)11)2-6(9)3-5;7-4-1-5(8)3-6(9)2-4;7-5-1-3-6(8)4-2-5;1-2-4-5-3-1;1-5-4(6-2)7-3;;;;;/h4*1-15H;1-7H;1-3,10-11H;1-3H;1-4H;1-4H2;1-3H3;1H;;;;/q;;;;;;;;;;;+2;;2*-1. The van der Waals surface area contributed by atoms with E-state index in [1.165, 1.54) is 126 Å². The van der Waals surface area contributed by atoms with Gasteiger partial charge in [0.25, 0.3) is 0 Å². The number of rotatable bonds is 17. The van der Waals surface area contributed by atoms with Crippen LogP contribution in [0.2, 0.25) is 0 Å². The van der Waals surface area contributed by atoms with Crippen LogP contribution in [0.3, 0.4) is 0 Å². The second-order valence-electron chi connectivity index (χ2n) is 27.9. The molecule has 0 bridgehead atoms. The second kappa shape index (κ2) is 66.4. The minimum absolute atomic E-state index is 0. The summed E-state index contributed by atoms with van der Waals surface area (Å²) in [6.45, 7) is 2.00. The molecule has 0 aromatic heterocycles. The van der Waals surface area contributed by atoms with E-state index in [4.69, 9.17) is 14.8 Å². The van der Waals surface area contributed by atoms with Gasteiger partial charge in [-0.2, -0.15) is 0 Å². The third-order valence-electron chi connectivity index (χ3n) is 18.4. The number of benzene rings is 17. The second-order valence-corrected chi connectivity index (χ2v) is 40.8. The predicted molar refractivity (Wildman–Crippen MR) is 579 cm³/mol. The van der Waals surface area contributed by atoms with Crippen molar-refractivity contribution in [2.24, 2.45) is 0 Å². The van der Waals surface area contributed by atoms with E-state index in [1.807, 2.05) is 24.3 Å². The Morgan fingerprint density at radius 1 is 0.276 bits per heavy atom. The fraction of sp³-hybridized carbons (Fsp3) is 0.0642. The van der Waals surface area contributed by atoms with Gasteiger partial charge in [0.1, 0.15) is 34.9 Å². The van der Waals surface area contributed by atoms with Crippen LogP contribution < -0.4 is 69.1 Å². The number of halogens is 11. The number of ether oxygens (including phenoxy) is 1. The van der Waals surface area contributed by atoms with Gasteiger partial charge in [0.05, 0.1) is 0 Å². The van der Waals surface area contributed by atoms with Crippen LogP contribution >= 0.6 is 114 Å². The molecule has 1 heterocycles. The van der Waals surface area contributed by atoms with Gasteiger partial charge in [0.2, 0.25) is 0 Å². The van der Waals surface area contributed by atoms with Gasteiger partial charge in [-0.3, -0.25) is 0 Å². The maximum atomic E-state index is 12.9. The van der Waals surface area contributed by atoms with Gasteiger partial charge in [-0.15, -0.1) is 12.4 Å². The summed E-state index contributed by atoms with van der Waals surface area (Å²) in [5.41, 5.74) is 1.14. The molecule has 0 radical (unpaired) electrons. The van der Waals surface area contributed by atoms with Crippen molar-refractivity contribution in [1.82, 2.24) is 0 Å². The minimum atomic E-state index is -1.83. The maximum Gasteiger partial charge on any atom is 2.00 e. The fourth-order valence-corrected chi connectivity index (χ4v) is 23.1. The average Bonchev–Trinajstić information content (AvgIpc) is 0.939. The summed E-state index contributed by atoms with van der Waals surface area (Å²) in [5, 5.41) is 33.8. The van der Waals surface area contributed by atoms with E-state index in [0.29, 0.717) is 16.1 Å². The molecule has 6 nitrogen and oxygen atoms in total. The monoisotopic (exact) mass is 2290 g/mol. The average molecular weight is 2300 g/mol. The van der Waals surface area contributed by atoms with Crippen molar-refractivity contribution in [2.75, 3.05) is 34.5 Å². The Balaban J connectivity index is 0.000000321. The van der Waals surface area contributed by atoms with E-state index < -0.39 is 81.0 Å². The minimum Gasteiger partial charge on any atom is -1.00 e. The zero-order valence-corrected chi connectivity index (χ0v) is 87.7. The summed E-state index contributed by atoms with van der Waals surface area (Å²) in [6.07, 6.45) is 2.56. The molecule has 17 aromatic rings. The van der Waals surface area contributed by atoms with Crippen molar-refractivity contribution >= 4 is 221 Å². The molecule has 25 heteroatoms. The van der Waals surface area contributed by atoms with Gasteiger partial charge in [-0.25, -0.2) is 26.3 Å². The summed E-state index contributed by atoms with van der Waals surface area (Å²) in [5.74, 6) is -3.91. The smallest absolute Gasteiger partial charge is 1.00 e. The zero-order valence-electron chi connectivity index (χ0n) is 75.5. The first-order chi connectivity index (χ1) is 63.9. The molecule has 0 unspecified atom stereocenters. The molecule has 686 valence electrons. The Kier molecular flexibility index (Phi) is 56.7. The van der Waals surface area contributed by atoms with Gasteiger partial charge >= 0.3 is 37.5 Å². The molecule has 1 fully saturated rings. The first-order valence-corrected chi connectivity index (χ1v) is 50.2. The van der Waals surface area contributed by atoms with Crippen LogP contribution in [0.4, 0.5) is 26.3 Å². The Bertz CT molecular complexity index is 5020. The van der Waals surface area contributed by atoms with Crippen LogP contribution in [0.1, 0.15) is 15.7 Å². The molecular formula is C109H99B2Br3ClF6IMgO6P4Pd. The molecule has 17 aromatic carbocycles.